The van der Waals surface area contributed by atoms with Crippen molar-refractivity contribution in [1.29, 1.82) is 0 Å². The zero-order valence-electron chi connectivity index (χ0n) is 21.4. The molecule has 1 amide bonds. The van der Waals surface area contributed by atoms with Gasteiger partial charge in [0, 0.05) is 69.5 Å². The molecule has 2 aromatic rings. The van der Waals surface area contributed by atoms with Crippen molar-refractivity contribution >= 4 is 46.7 Å². The second-order valence-electron chi connectivity index (χ2n) is 9.00. The summed E-state index contributed by atoms with van der Waals surface area (Å²) < 4.78 is 10.7. The summed E-state index contributed by atoms with van der Waals surface area (Å²) in [5.74, 6) is 8.31. The molecular formula is C24H35Cl2N7O3. The molecule has 2 N–H and O–H groups in total. The number of hydrogen-bond acceptors (Lipinski definition) is 9. The van der Waals surface area contributed by atoms with Gasteiger partial charge in [-0.2, -0.15) is 9.97 Å². The first-order valence-electron chi connectivity index (χ1n) is 11.8. The maximum atomic E-state index is 12.4. The third kappa shape index (κ3) is 7.10. The van der Waals surface area contributed by atoms with Gasteiger partial charge < -0.3 is 24.2 Å². The van der Waals surface area contributed by atoms with Crippen LogP contribution in [0.3, 0.4) is 0 Å². The van der Waals surface area contributed by atoms with Gasteiger partial charge in [0.15, 0.2) is 12.1 Å². The number of hydrogen-bond donors (Lipinski definition) is 1. The molecule has 0 spiro atoms. The molecule has 1 fully saturated rings. The molecule has 0 saturated carbocycles. The minimum Gasteiger partial charge on any atom is -0.354 e. The first-order valence-corrected chi connectivity index (χ1v) is 12.5. The highest BCUT2D eigenvalue weighted by Gasteiger charge is 2.26. The Morgan fingerprint density at radius 2 is 1.72 bits per heavy atom. The highest BCUT2D eigenvalue weighted by atomic mass is 35.5. The van der Waals surface area contributed by atoms with Crippen molar-refractivity contribution in [2.24, 2.45) is 11.8 Å². The highest BCUT2D eigenvalue weighted by molar-refractivity contribution is 6.35. The average molecular weight is 540 g/mol. The lowest BCUT2D eigenvalue weighted by Gasteiger charge is -2.36. The van der Waals surface area contributed by atoms with E-state index in [4.69, 9.17) is 48.5 Å². The molecule has 0 bridgehead atoms. The number of benzene rings is 1. The predicted molar refractivity (Wildman–Crippen MR) is 144 cm³/mol. The van der Waals surface area contributed by atoms with Gasteiger partial charge in [-0.05, 0) is 17.7 Å². The number of aromatic nitrogens is 2. The Bertz CT molecular complexity index is 1030. The molecule has 0 unspecified atom stereocenters. The number of nitrogens with zero attached hydrogens (tertiary/aromatic N) is 6. The van der Waals surface area contributed by atoms with Gasteiger partial charge in [0.2, 0.25) is 11.9 Å². The maximum Gasteiger partial charge on any atom is 0.229 e. The summed E-state index contributed by atoms with van der Waals surface area (Å²) in [5.41, 5.74) is 0.818. The molecule has 1 saturated heterocycles. The van der Waals surface area contributed by atoms with Crippen LogP contribution in [0.5, 0.6) is 0 Å². The topological polar surface area (TPSA) is 100 Å². The highest BCUT2D eigenvalue weighted by Crippen LogP contribution is 2.26. The summed E-state index contributed by atoms with van der Waals surface area (Å²) >= 11 is 12.4. The molecule has 1 aliphatic heterocycles. The van der Waals surface area contributed by atoms with Crippen LogP contribution >= 0.6 is 23.2 Å². The van der Waals surface area contributed by atoms with E-state index in [1.165, 1.54) is 5.01 Å². The van der Waals surface area contributed by atoms with Gasteiger partial charge in [-0.3, -0.25) is 9.80 Å². The second-order valence-corrected chi connectivity index (χ2v) is 9.84. The van der Waals surface area contributed by atoms with E-state index in [0.29, 0.717) is 66.9 Å². The van der Waals surface area contributed by atoms with Gasteiger partial charge in [0.1, 0.15) is 5.82 Å². The number of ether oxygens (including phenoxy) is 2. The zero-order chi connectivity index (χ0) is 26.4. The normalized spacial score (nSPS) is 14.1. The lowest BCUT2D eigenvalue weighted by molar-refractivity contribution is -0.134. The van der Waals surface area contributed by atoms with Crippen molar-refractivity contribution in [1.82, 2.24) is 14.9 Å². The number of halogens is 2. The van der Waals surface area contributed by atoms with Crippen molar-refractivity contribution in [3.05, 3.63) is 39.9 Å². The van der Waals surface area contributed by atoms with Crippen molar-refractivity contribution in [3.63, 3.8) is 0 Å². The van der Waals surface area contributed by atoms with Crippen LogP contribution in [-0.4, -0.2) is 81.1 Å². The van der Waals surface area contributed by atoms with E-state index in [1.54, 1.807) is 26.4 Å². The quantitative estimate of drug-likeness (QED) is 0.277. The predicted octanol–water partition coefficient (Wildman–Crippen LogP) is 3.02. The van der Waals surface area contributed by atoms with Crippen LogP contribution in [0.4, 0.5) is 17.6 Å². The molecule has 2 heterocycles. The Balaban J connectivity index is 1.87. The minimum absolute atomic E-state index is 0.0311. The van der Waals surface area contributed by atoms with Crippen molar-refractivity contribution in [2.45, 2.75) is 26.7 Å². The summed E-state index contributed by atoms with van der Waals surface area (Å²) in [5, 5.41) is 2.61. The SMILES string of the molecule is COC(CN(C)c1cc(N(N)Cc2ccc(Cl)cc2Cl)nc(N2CCN(C(=O)C(C)C)CC2)n1)OC. The van der Waals surface area contributed by atoms with Crippen LogP contribution in [0, 0.1) is 5.92 Å². The fraction of sp³-hybridized carbons (Fsp3) is 0.542. The minimum atomic E-state index is -0.427. The van der Waals surface area contributed by atoms with Crippen molar-refractivity contribution < 1.29 is 14.3 Å². The Morgan fingerprint density at radius 1 is 1.08 bits per heavy atom. The van der Waals surface area contributed by atoms with E-state index < -0.39 is 6.29 Å². The van der Waals surface area contributed by atoms with E-state index in [9.17, 15) is 4.79 Å². The summed E-state index contributed by atoms with van der Waals surface area (Å²) in [6.07, 6.45) is -0.427. The first-order chi connectivity index (χ1) is 17.1. The molecule has 1 aromatic heterocycles. The number of piperazine rings is 1. The number of carbonyl (C=O) groups is 1. The molecule has 1 aromatic carbocycles. The monoisotopic (exact) mass is 539 g/mol. The number of anilines is 3. The molecule has 198 valence electrons. The van der Waals surface area contributed by atoms with E-state index in [-0.39, 0.29) is 11.8 Å². The molecule has 0 radical (unpaired) electrons. The fourth-order valence-electron chi connectivity index (χ4n) is 3.86. The van der Waals surface area contributed by atoms with Gasteiger partial charge >= 0.3 is 0 Å². The van der Waals surface area contributed by atoms with Crippen LogP contribution in [-0.2, 0) is 20.8 Å². The molecular weight excluding hydrogens is 505 g/mol. The number of likely N-dealkylation sites (N-methyl/N-ethyl adjacent to an activating group) is 1. The van der Waals surface area contributed by atoms with Gasteiger partial charge in [-0.25, -0.2) is 5.84 Å². The molecule has 1 aliphatic rings. The molecule has 3 rings (SSSR count). The fourth-order valence-corrected chi connectivity index (χ4v) is 4.33. The summed E-state index contributed by atoms with van der Waals surface area (Å²) in [7, 11) is 5.08. The van der Waals surface area contributed by atoms with Crippen molar-refractivity contribution in [3.8, 4) is 0 Å². The van der Waals surface area contributed by atoms with E-state index in [2.05, 4.69) is 4.90 Å². The number of carbonyl (C=O) groups excluding carboxylic acids is 1. The van der Waals surface area contributed by atoms with Crippen molar-refractivity contribution in [2.75, 3.05) is 68.8 Å². The second kappa shape index (κ2) is 12.7. The summed E-state index contributed by atoms with van der Waals surface area (Å²) in [6, 6.07) is 7.11. The van der Waals surface area contributed by atoms with Crippen LogP contribution in [0.2, 0.25) is 10.0 Å². The molecule has 10 nitrogen and oxygen atoms in total. The maximum absolute atomic E-state index is 12.4. The van der Waals surface area contributed by atoms with Gasteiger partial charge in [-0.15, -0.1) is 0 Å². The van der Waals surface area contributed by atoms with Crippen LogP contribution in [0.25, 0.3) is 0 Å². The number of rotatable bonds is 10. The Kier molecular flexibility index (Phi) is 9.98. The first kappa shape index (κ1) is 28.2. The van der Waals surface area contributed by atoms with E-state index in [0.717, 1.165) is 5.56 Å². The zero-order valence-corrected chi connectivity index (χ0v) is 23.0. The lowest BCUT2D eigenvalue weighted by atomic mass is 10.1. The third-order valence-corrected chi connectivity index (χ3v) is 6.63. The standard InChI is InChI=1S/C24H35Cl2N7O3/c1-16(2)23(34)31-8-10-32(11-9-31)24-28-20(30(3)15-22(35-4)36-5)13-21(29-24)33(27)14-17-6-7-18(25)12-19(17)26/h6-7,12-13,16,22H,8-11,14-15,27H2,1-5H3. The van der Waals surface area contributed by atoms with Crippen LogP contribution < -0.4 is 20.7 Å². The number of hydrazine groups is 1. The molecule has 0 aliphatic carbocycles. The number of nitrogens with two attached hydrogens (primary N) is 1. The number of amides is 1. The molecule has 36 heavy (non-hydrogen) atoms. The third-order valence-electron chi connectivity index (χ3n) is 6.05. The van der Waals surface area contributed by atoms with Gasteiger partial charge in [0.25, 0.3) is 0 Å². The van der Waals surface area contributed by atoms with E-state index >= 15 is 0 Å². The summed E-state index contributed by atoms with van der Waals surface area (Å²) in [4.78, 5) is 27.9. The van der Waals surface area contributed by atoms with Crippen LogP contribution in [0.15, 0.2) is 24.3 Å². The van der Waals surface area contributed by atoms with Gasteiger partial charge in [-0.1, -0.05) is 43.1 Å². The smallest absolute Gasteiger partial charge is 0.229 e. The lowest BCUT2D eigenvalue weighted by Crippen LogP contribution is -2.50. The Labute approximate surface area is 222 Å². The molecule has 12 heteroatoms. The average Bonchev–Trinajstić information content (AvgIpc) is 2.87. The van der Waals surface area contributed by atoms with Gasteiger partial charge in [0.05, 0.1) is 13.1 Å². The largest absolute Gasteiger partial charge is 0.354 e. The Hall–Kier alpha value is -2.37. The molecule has 0 atom stereocenters. The number of methoxy groups -OCH3 is 2. The van der Waals surface area contributed by atoms with Crippen LogP contribution in [0.1, 0.15) is 19.4 Å². The summed E-state index contributed by atoms with van der Waals surface area (Å²) in [6.45, 7) is 7.07. The Morgan fingerprint density at radius 3 is 2.31 bits per heavy atom. The van der Waals surface area contributed by atoms with E-state index in [1.807, 2.05) is 42.8 Å².